The van der Waals surface area contributed by atoms with E-state index >= 15 is 0 Å². The Hall–Kier alpha value is -2.64. The molecule has 7 heteroatoms. The van der Waals surface area contributed by atoms with Crippen molar-refractivity contribution in [1.82, 2.24) is 9.97 Å². The summed E-state index contributed by atoms with van der Waals surface area (Å²) in [6, 6.07) is 18.5. The molecule has 0 aliphatic heterocycles. The lowest BCUT2D eigenvalue weighted by Crippen LogP contribution is -2.14. The second-order valence-electron chi connectivity index (χ2n) is 6.15. The standard InChI is InChI=1S/C21H21N3O2S2/c1-15(21(27-3)28(25,26)24-18-12-8-5-9-13-18)19-14-22-20(23-16(19)2)17-10-6-4-7-11-17/h4-14,24H,1-3H3/b21-15+. The highest BCUT2D eigenvalue weighted by molar-refractivity contribution is 8.19. The second kappa shape index (κ2) is 8.58. The van der Waals surface area contributed by atoms with Crippen molar-refractivity contribution >= 4 is 33.0 Å². The number of aryl methyl sites for hydroxylation is 1. The summed E-state index contributed by atoms with van der Waals surface area (Å²) >= 11 is 1.18. The summed E-state index contributed by atoms with van der Waals surface area (Å²) in [6.45, 7) is 3.64. The highest BCUT2D eigenvalue weighted by Crippen LogP contribution is 2.32. The van der Waals surface area contributed by atoms with Gasteiger partial charge in [-0.2, -0.15) is 0 Å². The summed E-state index contributed by atoms with van der Waals surface area (Å²) in [6.07, 6.45) is 3.44. The van der Waals surface area contributed by atoms with Crippen molar-refractivity contribution in [2.45, 2.75) is 13.8 Å². The number of rotatable bonds is 6. The summed E-state index contributed by atoms with van der Waals surface area (Å²) < 4.78 is 28.7. The Morgan fingerprint density at radius 2 is 1.61 bits per heavy atom. The molecule has 0 fully saturated rings. The molecule has 0 saturated heterocycles. The van der Waals surface area contributed by atoms with E-state index in [2.05, 4.69) is 14.7 Å². The molecular formula is C21H21N3O2S2. The molecule has 0 bridgehead atoms. The van der Waals surface area contributed by atoms with Crippen LogP contribution in [0.2, 0.25) is 0 Å². The Morgan fingerprint density at radius 3 is 2.18 bits per heavy atom. The number of thioether (sulfide) groups is 1. The van der Waals surface area contributed by atoms with E-state index < -0.39 is 10.0 Å². The fraction of sp³-hybridized carbons (Fsp3) is 0.143. The van der Waals surface area contributed by atoms with Crippen molar-refractivity contribution in [2.24, 2.45) is 0 Å². The maximum Gasteiger partial charge on any atom is 0.268 e. The zero-order chi connectivity index (χ0) is 20.1. The number of sulfonamides is 1. The van der Waals surface area contributed by atoms with Crippen LogP contribution in [0.15, 0.2) is 71.1 Å². The van der Waals surface area contributed by atoms with Crippen LogP contribution in [0, 0.1) is 6.92 Å². The molecule has 5 nitrogen and oxygen atoms in total. The third-order valence-corrected chi connectivity index (χ3v) is 7.31. The van der Waals surface area contributed by atoms with Gasteiger partial charge in [0.2, 0.25) is 0 Å². The monoisotopic (exact) mass is 411 g/mol. The third-order valence-electron chi connectivity index (χ3n) is 4.18. The molecule has 0 saturated carbocycles. The number of nitrogens with one attached hydrogen (secondary N) is 1. The number of anilines is 1. The Kier molecular flexibility index (Phi) is 6.16. The maximum absolute atomic E-state index is 12.9. The summed E-state index contributed by atoms with van der Waals surface area (Å²) in [4.78, 5) is 9.02. The highest BCUT2D eigenvalue weighted by Gasteiger charge is 2.22. The van der Waals surface area contributed by atoms with E-state index in [1.165, 1.54) is 11.8 Å². The normalized spacial score (nSPS) is 12.4. The lowest BCUT2D eigenvalue weighted by Gasteiger charge is -2.14. The topological polar surface area (TPSA) is 72.0 Å². The minimum Gasteiger partial charge on any atom is -0.279 e. The number of hydrogen-bond donors (Lipinski definition) is 1. The summed E-state index contributed by atoms with van der Waals surface area (Å²) in [5.74, 6) is 0.616. The van der Waals surface area contributed by atoms with Crippen molar-refractivity contribution in [1.29, 1.82) is 0 Å². The van der Waals surface area contributed by atoms with Gasteiger partial charge in [0.05, 0.1) is 0 Å². The fourth-order valence-electron chi connectivity index (χ4n) is 2.84. The zero-order valence-electron chi connectivity index (χ0n) is 15.9. The Balaban J connectivity index is 1.99. The SMILES string of the molecule is CS/C(=C(/C)c1cnc(-c2ccccc2)nc1C)S(=O)(=O)Nc1ccccc1. The van der Waals surface area contributed by atoms with Gasteiger partial charge in [0, 0.05) is 28.7 Å². The molecule has 0 atom stereocenters. The first-order valence-electron chi connectivity index (χ1n) is 8.64. The molecular weight excluding hydrogens is 390 g/mol. The summed E-state index contributed by atoms with van der Waals surface area (Å²) in [7, 11) is -3.71. The number of nitrogens with zero attached hydrogens (tertiary/aromatic N) is 2. The quantitative estimate of drug-likeness (QED) is 0.622. The van der Waals surface area contributed by atoms with Crippen LogP contribution in [-0.2, 0) is 10.0 Å². The summed E-state index contributed by atoms with van der Waals surface area (Å²) in [5, 5.41) is 0. The lowest BCUT2D eigenvalue weighted by molar-refractivity contribution is 0.609. The number of aromatic nitrogens is 2. The first-order chi connectivity index (χ1) is 13.4. The van der Waals surface area contributed by atoms with Gasteiger partial charge in [0.1, 0.15) is 4.24 Å². The Labute approximate surface area is 170 Å². The minimum atomic E-state index is -3.71. The molecule has 1 aromatic heterocycles. The zero-order valence-corrected chi connectivity index (χ0v) is 17.5. The first-order valence-corrected chi connectivity index (χ1v) is 11.4. The first kappa shape index (κ1) is 20.1. The number of para-hydroxylation sites is 1. The van der Waals surface area contributed by atoms with Crippen molar-refractivity contribution in [2.75, 3.05) is 11.0 Å². The second-order valence-corrected chi connectivity index (χ2v) is 8.84. The molecule has 28 heavy (non-hydrogen) atoms. The molecule has 0 radical (unpaired) electrons. The van der Waals surface area contributed by atoms with Crippen LogP contribution in [0.25, 0.3) is 17.0 Å². The van der Waals surface area contributed by atoms with Gasteiger partial charge in [-0.1, -0.05) is 48.5 Å². The van der Waals surface area contributed by atoms with Gasteiger partial charge < -0.3 is 0 Å². The minimum absolute atomic E-state index is 0.246. The molecule has 144 valence electrons. The molecule has 0 unspecified atom stereocenters. The molecule has 0 aliphatic rings. The number of allylic oxidation sites excluding steroid dienone is 1. The van der Waals surface area contributed by atoms with Crippen LogP contribution in [0.3, 0.4) is 0 Å². The molecule has 0 amide bonds. The predicted octanol–water partition coefficient (Wildman–Crippen LogP) is 4.95. The third kappa shape index (κ3) is 4.43. The average Bonchev–Trinajstić information content (AvgIpc) is 2.69. The van der Waals surface area contributed by atoms with Gasteiger partial charge in [-0.15, -0.1) is 11.8 Å². The van der Waals surface area contributed by atoms with Crippen molar-refractivity contribution in [3.63, 3.8) is 0 Å². The summed E-state index contributed by atoms with van der Waals surface area (Å²) in [5.41, 5.74) is 3.50. The molecule has 3 aromatic rings. The maximum atomic E-state index is 12.9. The van der Waals surface area contributed by atoms with E-state index in [1.54, 1.807) is 43.6 Å². The molecule has 1 N–H and O–H groups in total. The number of hydrogen-bond acceptors (Lipinski definition) is 5. The van der Waals surface area contributed by atoms with Gasteiger partial charge in [-0.05, 0) is 37.8 Å². The van der Waals surface area contributed by atoms with Gasteiger partial charge in [0.25, 0.3) is 10.0 Å². The van der Waals surface area contributed by atoms with Gasteiger partial charge >= 0.3 is 0 Å². The van der Waals surface area contributed by atoms with E-state index in [9.17, 15) is 8.42 Å². The van der Waals surface area contributed by atoms with Crippen LogP contribution < -0.4 is 4.72 Å². The predicted molar refractivity (Wildman–Crippen MR) is 117 cm³/mol. The molecule has 1 heterocycles. The van der Waals surface area contributed by atoms with Crippen LogP contribution in [0.1, 0.15) is 18.2 Å². The molecule has 2 aromatic carbocycles. The molecule has 0 spiro atoms. The van der Waals surface area contributed by atoms with Crippen LogP contribution in [-0.4, -0.2) is 24.6 Å². The Bertz CT molecular complexity index is 1100. The van der Waals surface area contributed by atoms with E-state index in [1.807, 2.05) is 43.3 Å². The fourth-order valence-corrected chi connectivity index (χ4v) is 5.31. The van der Waals surface area contributed by atoms with E-state index in [-0.39, 0.29) is 4.24 Å². The van der Waals surface area contributed by atoms with Crippen molar-refractivity contribution in [3.05, 3.63) is 82.4 Å². The van der Waals surface area contributed by atoms with E-state index in [4.69, 9.17) is 0 Å². The van der Waals surface area contributed by atoms with Gasteiger partial charge in [-0.3, -0.25) is 4.72 Å². The van der Waals surface area contributed by atoms with Crippen LogP contribution >= 0.6 is 11.8 Å². The smallest absolute Gasteiger partial charge is 0.268 e. The van der Waals surface area contributed by atoms with Crippen molar-refractivity contribution < 1.29 is 8.42 Å². The number of benzene rings is 2. The Morgan fingerprint density at radius 1 is 1.00 bits per heavy atom. The van der Waals surface area contributed by atoms with Crippen LogP contribution in [0.4, 0.5) is 5.69 Å². The van der Waals surface area contributed by atoms with Gasteiger partial charge in [0.15, 0.2) is 5.82 Å². The van der Waals surface area contributed by atoms with Gasteiger partial charge in [-0.25, -0.2) is 18.4 Å². The van der Waals surface area contributed by atoms with Crippen LogP contribution in [0.5, 0.6) is 0 Å². The highest BCUT2D eigenvalue weighted by atomic mass is 32.3. The van der Waals surface area contributed by atoms with E-state index in [0.717, 1.165) is 11.3 Å². The molecule has 3 rings (SSSR count). The average molecular weight is 412 g/mol. The molecule has 0 aliphatic carbocycles. The largest absolute Gasteiger partial charge is 0.279 e. The lowest BCUT2D eigenvalue weighted by atomic mass is 10.1. The van der Waals surface area contributed by atoms with Crippen molar-refractivity contribution in [3.8, 4) is 11.4 Å². The van der Waals surface area contributed by atoms with E-state index in [0.29, 0.717) is 22.6 Å².